The fourth-order valence-electron chi connectivity index (χ4n) is 0.772. The van der Waals surface area contributed by atoms with Crippen molar-refractivity contribution in [3.63, 3.8) is 0 Å². The maximum Gasteiger partial charge on any atom is 0.0848 e. The van der Waals surface area contributed by atoms with Gasteiger partial charge in [0.25, 0.3) is 0 Å². The van der Waals surface area contributed by atoms with E-state index in [-0.39, 0.29) is 0 Å². The molecule has 1 nitrogen and oxygen atoms in total. The lowest BCUT2D eigenvalue weighted by molar-refractivity contribution is 1.56. The minimum absolute atomic E-state index is 1.09. The lowest BCUT2D eigenvalue weighted by atomic mass is 10.2. The molecule has 0 spiro atoms. The molecule has 0 saturated carbocycles. The SMILES string of the molecule is c1cc(-c2ccsn2)cs1. The second kappa shape index (κ2) is 2.52. The van der Waals surface area contributed by atoms with Crippen molar-refractivity contribution in [3.05, 3.63) is 28.3 Å². The number of rotatable bonds is 1. The summed E-state index contributed by atoms with van der Waals surface area (Å²) in [5.74, 6) is 0. The summed E-state index contributed by atoms with van der Waals surface area (Å²) in [4.78, 5) is 0. The Kier molecular flexibility index (Phi) is 1.53. The fourth-order valence-corrected chi connectivity index (χ4v) is 1.95. The molecule has 2 aromatic heterocycles. The van der Waals surface area contributed by atoms with Crippen LogP contribution in [0.4, 0.5) is 0 Å². The molecule has 0 saturated heterocycles. The molecule has 0 unspecified atom stereocenters. The van der Waals surface area contributed by atoms with Crippen LogP contribution in [0.1, 0.15) is 0 Å². The van der Waals surface area contributed by atoms with Crippen molar-refractivity contribution in [2.45, 2.75) is 0 Å². The van der Waals surface area contributed by atoms with Crippen molar-refractivity contribution in [1.29, 1.82) is 0 Å². The van der Waals surface area contributed by atoms with E-state index in [1.807, 2.05) is 11.4 Å². The molecule has 10 heavy (non-hydrogen) atoms. The highest BCUT2D eigenvalue weighted by Gasteiger charge is 1.97. The molecule has 0 fully saturated rings. The van der Waals surface area contributed by atoms with Gasteiger partial charge in [-0.2, -0.15) is 15.7 Å². The number of hydrogen-bond donors (Lipinski definition) is 0. The summed E-state index contributed by atoms with van der Waals surface area (Å²) in [6.45, 7) is 0. The van der Waals surface area contributed by atoms with Crippen LogP contribution in [0.5, 0.6) is 0 Å². The molecule has 2 rings (SSSR count). The van der Waals surface area contributed by atoms with Gasteiger partial charge >= 0.3 is 0 Å². The third-order valence-electron chi connectivity index (χ3n) is 1.25. The molecule has 0 aliphatic heterocycles. The Labute approximate surface area is 67.1 Å². The van der Waals surface area contributed by atoms with Crippen molar-refractivity contribution in [1.82, 2.24) is 4.37 Å². The normalized spacial score (nSPS) is 10.0. The van der Waals surface area contributed by atoms with Crippen LogP contribution in [0.3, 0.4) is 0 Å². The first-order chi connectivity index (χ1) is 4.97. The van der Waals surface area contributed by atoms with Gasteiger partial charge in [0, 0.05) is 16.3 Å². The summed E-state index contributed by atoms with van der Waals surface area (Å²) in [5, 5.41) is 6.16. The smallest absolute Gasteiger partial charge is 0.0848 e. The lowest BCUT2D eigenvalue weighted by Crippen LogP contribution is -1.66. The zero-order chi connectivity index (χ0) is 6.81. The Balaban J connectivity index is 2.48. The number of aromatic nitrogens is 1. The first-order valence-corrected chi connectivity index (χ1v) is 4.68. The zero-order valence-electron chi connectivity index (χ0n) is 5.15. The molecule has 0 N–H and O–H groups in total. The molecule has 2 aromatic rings. The standard InChI is InChI=1S/C7H5NS2/c1-3-9-5-6(1)7-2-4-10-8-7/h1-5H. The molecule has 3 heteroatoms. The highest BCUT2D eigenvalue weighted by molar-refractivity contribution is 7.08. The van der Waals surface area contributed by atoms with Gasteiger partial charge in [0.05, 0.1) is 5.69 Å². The average Bonchev–Trinajstić information content (AvgIpc) is 2.59. The molecule has 0 aliphatic carbocycles. The third kappa shape index (κ3) is 0.978. The monoisotopic (exact) mass is 167 g/mol. The first-order valence-electron chi connectivity index (χ1n) is 2.90. The van der Waals surface area contributed by atoms with Crippen molar-refractivity contribution < 1.29 is 0 Å². The van der Waals surface area contributed by atoms with Gasteiger partial charge in [-0.1, -0.05) is 0 Å². The van der Waals surface area contributed by atoms with Gasteiger partial charge in [0.15, 0.2) is 0 Å². The van der Waals surface area contributed by atoms with E-state index in [4.69, 9.17) is 0 Å². The van der Waals surface area contributed by atoms with Gasteiger partial charge in [0.2, 0.25) is 0 Å². The van der Waals surface area contributed by atoms with Gasteiger partial charge in [-0.15, -0.1) is 0 Å². The largest absolute Gasteiger partial charge is 0.193 e. The first kappa shape index (κ1) is 6.07. The summed E-state index contributed by atoms with van der Waals surface area (Å²) < 4.78 is 4.21. The van der Waals surface area contributed by atoms with E-state index in [1.165, 1.54) is 17.1 Å². The second-order valence-electron chi connectivity index (χ2n) is 1.90. The van der Waals surface area contributed by atoms with Gasteiger partial charge in [-0.25, -0.2) is 0 Å². The molecule has 0 bridgehead atoms. The molecule has 0 radical (unpaired) electrons. The van der Waals surface area contributed by atoms with E-state index in [1.54, 1.807) is 11.3 Å². The van der Waals surface area contributed by atoms with E-state index < -0.39 is 0 Å². The molecule has 2 heterocycles. The quantitative estimate of drug-likeness (QED) is 0.636. The van der Waals surface area contributed by atoms with Crippen molar-refractivity contribution in [2.75, 3.05) is 0 Å². The van der Waals surface area contributed by atoms with Crippen LogP contribution in [0, 0.1) is 0 Å². The number of thiophene rings is 1. The van der Waals surface area contributed by atoms with Crippen LogP contribution in [-0.2, 0) is 0 Å². The summed E-state index contributed by atoms with van der Waals surface area (Å²) in [5.41, 5.74) is 2.32. The van der Waals surface area contributed by atoms with E-state index in [0.717, 1.165) is 5.69 Å². The Bertz CT molecular complexity index is 251. The minimum atomic E-state index is 1.09. The Hall–Kier alpha value is -0.670. The predicted molar refractivity (Wildman–Crippen MR) is 45.4 cm³/mol. The highest BCUT2D eigenvalue weighted by Crippen LogP contribution is 2.20. The molecular formula is C7H5NS2. The van der Waals surface area contributed by atoms with Crippen molar-refractivity contribution in [2.24, 2.45) is 0 Å². The third-order valence-corrected chi connectivity index (χ3v) is 2.50. The summed E-state index contributed by atoms with van der Waals surface area (Å²) in [6.07, 6.45) is 0. The maximum atomic E-state index is 4.21. The van der Waals surface area contributed by atoms with E-state index >= 15 is 0 Å². The van der Waals surface area contributed by atoms with Gasteiger partial charge < -0.3 is 0 Å². The Morgan fingerprint density at radius 2 is 2.20 bits per heavy atom. The summed E-state index contributed by atoms with van der Waals surface area (Å²) in [6, 6.07) is 4.12. The van der Waals surface area contributed by atoms with Crippen LogP contribution < -0.4 is 0 Å². The van der Waals surface area contributed by atoms with Crippen LogP contribution in [0.15, 0.2) is 28.3 Å². The topological polar surface area (TPSA) is 12.9 Å². The molecule has 0 aromatic carbocycles. The van der Waals surface area contributed by atoms with Crippen molar-refractivity contribution >= 4 is 22.9 Å². The molecule has 50 valence electrons. The van der Waals surface area contributed by atoms with Crippen LogP contribution in [0.2, 0.25) is 0 Å². The Morgan fingerprint density at radius 1 is 1.20 bits per heavy atom. The highest BCUT2D eigenvalue weighted by atomic mass is 32.1. The predicted octanol–water partition coefficient (Wildman–Crippen LogP) is 2.87. The van der Waals surface area contributed by atoms with Gasteiger partial charge in [-0.3, -0.25) is 0 Å². The lowest BCUT2D eigenvalue weighted by Gasteiger charge is -1.83. The Morgan fingerprint density at radius 3 is 2.80 bits per heavy atom. The number of hydrogen-bond acceptors (Lipinski definition) is 3. The second-order valence-corrected chi connectivity index (χ2v) is 3.34. The average molecular weight is 167 g/mol. The van der Waals surface area contributed by atoms with Crippen LogP contribution in [-0.4, -0.2) is 4.37 Å². The van der Waals surface area contributed by atoms with Crippen LogP contribution in [0.25, 0.3) is 11.3 Å². The summed E-state index contributed by atoms with van der Waals surface area (Å²) >= 11 is 3.19. The minimum Gasteiger partial charge on any atom is -0.193 e. The van der Waals surface area contributed by atoms with E-state index in [2.05, 4.69) is 21.2 Å². The summed E-state index contributed by atoms with van der Waals surface area (Å²) in [7, 11) is 0. The van der Waals surface area contributed by atoms with E-state index in [0.29, 0.717) is 0 Å². The fraction of sp³-hybridized carbons (Fsp3) is 0. The maximum absolute atomic E-state index is 4.21. The van der Waals surface area contributed by atoms with Crippen molar-refractivity contribution in [3.8, 4) is 11.3 Å². The van der Waals surface area contributed by atoms with E-state index in [9.17, 15) is 0 Å². The molecular weight excluding hydrogens is 162 g/mol. The van der Waals surface area contributed by atoms with Gasteiger partial charge in [-0.05, 0) is 29.0 Å². The molecule has 0 aliphatic rings. The van der Waals surface area contributed by atoms with Gasteiger partial charge in [0.1, 0.15) is 0 Å². The number of nitrogens with zero attached hydrogens (tertiary/aromatic N) is 1. The van der Waals surface area contributed by atoms with Crippen LogP contribution >= 0.6 is 22.9 Å². The molecule has 0 amide bonds. The zero-order valence-corrected chi connectivity index (χ0v) is 6.78. The molecule has 0 atom stereocenters.